The zero-order valence-electron chi connectivity index (χ0n) is 9.23. The van der Waals surface area contributed by atoms with E-state index in [1.54, 1.807) is 0 Å². The molecule has 1 aliphatic heterocycles. The van der Waals surface area contributed by atoms with Crippen LogP contribution < -0.4 is 0 Å². The predicted octanol–water partition coefficient (Wildman–Crippen LogP) is 2.45. The Morgan fingerprint density at radius 3 is 2.94 bits per heavy atom. The van der Waals surface area contributed by atoms with Gasteiger partial charge < -0.3 is 4.90 Å². The molecular formula is C14H15NO. The Labute approximate surface area is 95.6 Å². The first-order valence-electron chi connectivity index (χ1n) is 5.86. The monoisotopic (exact) mass is 213 g/mol. The maximum Gasteiger partial charge on any atom is 0.155 e. The van der Waals surface area contributed by atoms with Gasteiger partial charge in [0.2, 0.25) is 0 Å². The van der Waals surface area contributed by atoms with Gasteiger partial charge in [-0.2, -0.15) is 0 Å². The topological polar surface area (TPSA) is 20.3 Å². The van der Waals surface area contributed by atoms with Gasteiger partial charge in [-0.3, -0.25) is 4.79 Å². The van der Waals surface area contributed by atoms with Crippen molar-refractivity contribution in [2.75, 3.05) is 6.54 Å². The number of carbonyl (C=O) groups excluding carboxylic acids is 1. The minimum atomic E-state index is 0.366. The highest BCUT2D eigenvalue weighted by Crippen LogP contribution is 2.30. The molecule has 0 saturated heterocycles. The summed E-state index contributed by atoms with van der Waals surface area (Å²) < 4.78 is 0. The summed E-state index contributed by atoms with van der Waals surface area (Å²) in [6.07, 6.45) is 6.35. The van der Waals surface area contributed by atoms with Crippen LogP contribution in [0.3, 0.4) is 0 Å². The van der Waals surface area contributed by atoms with Crippen molar-refractivity contribution in [3.05, 3.63) is 41.6 Å². The Hall–Kier alpha value is -1.57. The quantitative estimate of drug-likeness (QED) is 0.768. The largest absolute Gasteiger partial charge is 0.366 e. The van der Waals surface area contributed by atoms with Crippen molar-refractivity contribution >= 4 is 11.9 Å². The molecule has 2 nitrogen and oxygen atoms in total. The van der Waals surface area contributed by atoms with Crippen LogP contribution in [0.2, 0.25) is 0 Å². The van der Waals surface area contributed by atoms with Gasteiger partial charge in [0, 0.05) is 18.7 Å². The highest BCUT2D eigenvalue weighted by Gasteiger charge is 2.30. The lowest BCUT2D eigenvalue weighted by Crippen LogP contribution is -2.27. The molecule has 1 fully saturated rings. The first kappa shape index (κ1) is 9.64. The van der Waals surface area contributed by atoms with Gasteiger partial charge in [0.1, 0.15) is 0 Å². The molecule has 1 aromatic carbocycles. The minimum Gasteiger partial charge on any atom is -0.366 e. The second-order valence-electron chi connectivity index (χ2n) is 4.66. The minimum absolute atomic E-state index is 0.366. The molecule has 0 atom stereocenters. The average Bonchev–Trinajstić information content (AvgIpc) is 3.12. The molecule has 0 bridgehead atoms. The summed E-state index contributed by atoms with van der Waals surface area (Å²) in [5.74, 6) is 0.773. The van der Waals surface area contributed by atoms with E-state index in [1.807, 2.05) is 12.3 Å². The number of Topliss-reactive ketones (excluding diaryl/α,β-unsaturated/α-hetero) is 1. The van der Waals surface area contributed by atoms with E-state index in [9.17, 15) is 4.79 Å². The van der Waals surface area contributed by atoms with Crippen molar-refractivity contribution in [3.8, 4) is 0 Å². The van der Waals surface area contributed by atoms with Gasteiger partial charge >= 0.3 is 0 Å². The van der Waals surface area contributed by atoms with E-state index in [1.165, 1.54) is 11.1 Å². The Balaban J connectivity index is 1.70. The van der Waals surface area contributed by atoms with Gasteiger partial charge in [-0.05, 0) is 30.0 Å². The second kappa shape index (κ2) is 3.78. The van der Waals surface area contributed by atoms with Crippen LogP contribution in [-0.2, 0) is 11.3 Å². The molecule has 2 aliphatic rings. The van der Waals surface area contributed by atoms with Crippen LogP contribution in [0.4, 0.5) is 0 Å². The molecule has 0 N–H and O–H groups in total. The molecule has 0 spiro atoms. The van der Waals surface area contributed by atoms with Crippen molar-refractivity contribution in [1.82, 2.24) is 4.90 Å². The van der Waals surface area contributed by atoms with Crippen molar-refractivity contribution in [2.45, 2.75) is 19.4 Å². The van der Waals surface area contributed by atoms with E-state index >= 15 is 0 Å². The second-order valence-corrected chi connectivity index (χ2v) is 4.66. The number of hydrogen-bond acceptors (Lipinski definition) is 2. The van der Waals surface area contributed by atoms with Crippen molar-refractivity contribution in [2.24, 2.45) is 5.92 Å². The van der Waals surface area contributed by atoms with Crippen LogP contribution in [0.15, 0.2) is 30.5 Å². The van der Waals surface area contributed by atoms with Gasteiger partial charge in [0.05, 0.1) is 6.54 Å². The molecule has 1 aromatic rings. The van der Waals surface area contributed by atoms with E-state index in [4.69, 9.17) is 0 Å². The zero-order valence-corrected chi connectivity index (χ0v) is 9.23. The van der Waals surface area contributed by atoms with Crippen molar-refractivity contribution in [3.63, 3.8) is 0 Å². The summed E-state index contributed by atoms with van der Waals surface area (Å²) >= 11 is 0. The van der Waals surface area contributed by atoms with Crippen molar-refractivity contribution in [1.29, 1.82) is 0 Å². The lowest BCUT2D eigenvalue weighted by atomic mass is 10.0. The summed E-state index contributed by atoms with van der Waals surface area (Å²) in [7, 11) is 0. The lowest BCUT2D eigenvalue weighted by Gasteiger charge is -2.24. The first-order chi connectivity index (χ1) is 7.83. The fraction of sp³-hybridized carbons (Fsp3) is 0.357. The smallest absolute Gasteiger partial charge is 0.155 e. The lowest BCUT2D eigenvalue weighted by molar-refractivity contribution is -0.120. The van der Waals surface area contributed by atoms with E-state index in [-0.39, 0.29) is 0 Å². The van der Waals surface area contributed by atoms with Gasteiger partial charge in [-0.25, -0.2) is 0 Å². The summed E-state index contributed by atoms with van der Waals surface area (Å²) in [4.78, 5) is 13.8. The van der Waals surface area contributed by atoms with E-state index in [0.29, 0.717) is 18.2 Å². The van der Waals surface area contributed by atoms with E-state index in [2.05, 4.69) is 29.2 Å². The number of carbonyl (C=O) groups is 1. The maximum atomic E-state index is 11.7. The van der Waals surface area contributed by atoms with Crippen LogP contribution >= 0.6 is 0 Å². The average molecular weight is 213 g/mol. The predicted molar refractivity (Wildman–Crippen MR) is 63.6 cm³/mol. The number of benzene rings is 1. The third-order valence-electron chi connectivity index (χ3n) is 3.29. The van der Waals surface area contributed by atoms with Crippen molar-refractivity contribution < 1.29 is 4.79 Å². The highest BCUT2D eigenvalue weighted by atomic mass is 16.1. The molecule has 82 valence electrons. The molecule has 1 saturated carbocycles. The maximum absolute atomic E-state index is 11.7. The SMILES string of the molecule is O=C(CN1C=Cc2ccccc2C1)C1CC1. The summed E-state index contributed by atoms with van der Waals surface area (Å²) in [5.41, 5.74) is 2.59. The number of ketones is 1. The zero-order chi connectivity index (χ0) is 11.0. The standard InChI is InChI=1S/C14H15NO/c16-14(12-5-6-12)10-15-8-7-11-3-1-2-4-13(11)9-15/h1-4,7-8,12H,5-6,9-10H2. The highest BCUT2D eigenvalue weighted by molar-refractivity contribution is 5.85. The Morgan fingerprint density at radius 2 is 2.12 bits per heavy atom. The Bertz CT molecular complexity index is 446. The van der Waals surface area contributed by atoms with E-state index < -0.39 is 0 Å². The third-order valence-corrected chi connectivity index (χ3v) is 3.29. The Morgan fingerprint density at radius 1 is 1.31 bits per heavy atom. The molecule has 2 heteroatoms. The number of fused-ring (bicyclic) bond motifs is 1. The summed E-state index contributed by atoms with van der Waals surface area (Å²) in [6, 6.07) is 8.35. The number of rotatable bonds is 3. The Kier molecular flexibility index (Phi) is 2.28. The molecule has 1 aliphatic carbocycles. The fourth-order valence-electron chi connectivity index (χ4n) is 2.14. The summed E-state index contributed by atoms with van der Waals surface area (Å²) in [5, 5.41) is 0. The van der Waals surface area contributed by atoms with Crippen LogP contribution in [0.5, 0.6) is 0 Å². The number of nitrogens with zero attached hydrogens (tertiary/aromatic N) is 1. The molecule has 0 unspecified atom stereocenters. The van der Waals surface area contributed by atoms with Gasteiger partial charge in [-0.15, -0.1) is 0 Å². The molecular weight excluding hydrogens is 198 g/mol. The van der Waals surface area contributed by atoms with Gasteiger partial charge in [0.15, 0.2) is 5.78 Å². The van der Waals surface area contributed by atoms with Gasteiger partial charge in [-0.1, -0.05) is 24.3 Å². The van der Waals surface area contributed by atoms with Crippen LogP contribution in [-0.4, -0.2) is 17.2 Å². The normalized spacial score (nSPS) is 18.4. The molecule has 3 rings (SSSR count). The molecule has 16 heavy (non-hydrogen) atoms. The molecule has 0 aromatic heterocycles. The molecule has 1 heterocycles. The number of hydrogen-bond donors (Lipinski definition) is 0. The third kappa shape index (κ3) is 1.87. The van der Waals surface area contributed by atoms with Gasteiger partial charge in [0.25, 0.3) is 0 Å². The summed E-state index contributed by atoms with van der Waals surface area (Å²) in [6.45, 7) is 1.45. The van der Waals surface area contributed by atoms with Crippen LogP contribution in [0.25, 0.3) is 6.08 Å². The van der Waals surface area contributed by atoms with Crippen LogP contribution in [0, 0.1) is 5.92 Å². The molecule has 0 amide bonds. The first-order valence-corrected chi connectivity index (χ1v) is 5.86. The van der Waals surface area contributed by atoms with E-state index in [0.717, 1.165) is 19.4 Å². The fourth-order valence-corrected chi connectivity index (χ4v) is 2.14. The molecule has 0 radical (unpaired) electrons. The van der Waals surface area contributed by atoms with Crippen LogP contribution in [0.1, 0.15) is 24.0 Å².